The Labute approximate surface area is 187 Å². The summed E-state index contributed by atoms with van der Waals surface area (Å²) in [6, 6.07) is 3.20. The number of amidine groups is 1. The Bertz CT molecular complexity index is 1020. The topological polar surface area (TPSA) is 155 Å². The van der Waals surface area contributed by atoms with Crippen LogP contribution in [0.25, 0.3) is 0 Å². The molecular weight excluding hydrogens is 410 g/mol. The number of methoxy groups -OCH3 is 1. The van der Waals surface area contributed by atoms with Crippen LogP contribution in [0.2, 0.25) is 0 Å². The zero-order chi connectivity index (χ0) is 23.7. The lowest BCUT2D eigenvalue weighted by atomic mass is 10.1. The number of aromatic nitrogens is 2. The highest BCUT2D eigenvalue weighted by atomic mass is 16.5. The van der Waals surface area contributed by atoms with E-state index in [1.165, 1.54) is 19.5 Å². The number of ketones is 1. The first-order valence-corrected chi connectivity index (χ1v) is 10.4. The Kier molecular flexibility index (Phi) is 8.82. The van der Waals surface area contributed by atoms with E-state index in [4.69, 9.17) is 15.9 Å². The number of anilines is 3. The molecule has 0 atom stereocenters. The third-order valence-corrected chi connectivity index (χ3v) is 4.57. The molecule has 0 unspecified atom stereocenters. The van der Waals surface area contributed by atoms with Crippen LogP contribution < -0.4 is 21.1 Å². The summed E-state index contributed by atoms with van der Waals surface area (Å²) in [6.45, 7) is 5.75. The molecule has 32 heavy (non-hydrogen) atoms. The molecule has 3 rings (SSSR count). The maximum Gasteiger partial charge on any atom is 0.228 e. The van der Waals surface area contributed by atoms with Crippen molar-refractivity contribution in [2.75, 3.05) is 17.7 Å². The minimum Gasteiger partial charge on any atom is -0.492 e. The quantitative estimate of drug-likeness (QED) is 0.265. The molecule has 10 nitrogen and oxygen atoms in total. The fourth-order valence-corrected chi connectivity index (χ4v) is 2.83. The molecule has 170 valence electrons. The molecular formula is C22H29N7O3. The van der Waals surface area contributed by atoms with E-state index in [1.54, 1.807) is 19.1 Å². The van der Waals surface area contributed by atoms with E-state index < -0.39 is 0 Å². The lowest BCUT2D eigenvalue weighted by molar-refractivity contribution is -0.117. The molecule has 1 aliphatic carbocycles. The Morgan fingerprint density at radius 1 is 1.31 bits per heavy atom. The van der Waals surface area contributed by atoms with Crippen LogP contribution in [0.4, 0.5) is 17.3 Å². The highest BCUT2D eigenvalue weighted by Gasteiger charge is 2.30. The van der Waals surface area contributed by atoms with Gasteiger partial charge in [-0.2, -0.15) is 0 Å². The van der Waals surface area contributed by atoms with E-state index in [2.05, 4.69) is 25.6 Å². The number of carbonyl (C=O) groups is 2. The summed E-state index contributed by atoms with van der Waals surface area (Å²) in [5.74, 6) is 0.840. The second-order valence-electron chi connectivity index (χ2n) is 6.66. The maximum atomic E-state index is 12.4. The van der Waals surface area contributed by atoms with Gasteiger partial charge in [0.15, 0.2) is 17.4 Å². The number of Topliss-reactive ketones (excluding diaryl/α,β-unsaturated/α-hetero) is 1. The molecule has 5 N–H and O–H groups in total. The molecule has 0 spiro atoms. The van der Waals surface area contributed by atoms with Crippen molar-refractivity contribution in [3.63, 3.8) is 0 Å². The van der Waals surface area contributed by atoms with Crippen molar-refractivity contribution in [3.8, 4) is 5.75 Å². The van der Waals surface area contributed by atoms with Crippen molar-refractivity contribution in [1.82, 2.24) is 9.97 Å². The monoisotopic (exact) mass is 439 g/mol. The van der Waals surface area contributed by atoms with Crippen molar-refractivity contribution < 1.29 is 14.3 Å². The summed E-state index contributed by atoms with van der Waals surface area (Å²) >= 11 is 0. The predicted octanol–water partition coefficient (Wildman–Crippen LogP) is 3.51. The normalized spacial score (nSPS) is 12.8. The molecule has 1 saturated carbocycles. The molecule has 1 fully saturated rings. The standard InChI is InChI=1S/C20H23N7O3.C2H6/c1-3-15(28)13-9-24-16(27-20(29)11-4-5-11)8-14(13)26-19-17(30-2)12(6-7-23-19)18(22)25-10-21;1-2/h6-11H,3-5H2,1-2H3,(H3,21,22,25)(H2,23,24,26,27,29);1-2H3. The first-order valence-electron chi connectivity index (χ1n) is 10.4. The third-order valence-electron chi connectivity index (χ3n) is 4.57. The van der Waals surface area contributed by atoms with Crippen LogP contribution in [0.15, 0.2) is 29.5 Å². The minimum absolute atomic E-state index is 0.0229. The van der Waals surface area contributed by atoms with Gasteiger partial charge >= 0.3 is 0 Å². The van der Waals surface area contributed by atoms with Gasteiger partial charge in [-0.15, -0.1) is 0 Å². The molecule has 2 aromatic heterocycles. The van der Waals surface area contributed by atoms with Gasteiger partial charge in [-0.05, 0) is 18.9 Å². The summed E-state index contributed by atoms with van der Waals surface area (Å²) in [5, 5.41) is 13.0. The van der Waals surface area contributed by atoms with Gasteiger partial charge in [-0.1, -0.05) is 20.8 Å². The van der Waals surface area contributed by atoms with E-state index in [0.717, 1.165) is 19.2 Å². The number of carbonyl (C=O) groups excluding carboxylic acids is 2. The number of pyridine rings is 2. The molecule has 0 bridgehead atoms. The van der Waals surface area contributed by atoms with Gasteiger partial charge in [-0.25, -0.2) is 15.0 Å². The molecule has 2 aromatic rings. The van der Waals surface area contributed by atoms with Crippen LogP contribution in [-0.2, 0) is 4.79 Å². The van der Waals surface area contributed by atoms with Crippen molar-refractivity contribution in [1.29, 1.82) is 5.41 Å². The smallest absolute Gasteiger partial charge is 0.228 e. The number of rotatable bonds is 9. The second kappa shape index (κ2) is 11.5. The number of nitrogens with two attached hydrogens (primary N) is 1. The lowest BCUT2D eigenvalue weighted by Gasteiger charge is -2.16. The van der Waals surface area contributed by atoms with Crippen molar-refractivity contribution in [2.24, 2.45) is 16.6 Å². The van der Waals surface area contributed by atoms with E-state index in [9.17, 15) is 9.59 Å². The molecule has 0 aromatic carbocycles. The zero-order valence-corrected chi connectivity index (χ0v) is 18.7. The summed E-state index contributed by atoms with van der Waals surface area (Å²) in [4.78, 5) is 36.7. The number of hydrogen-bond acceptors (Lipinski definition) is 7. The van der Waals surface area contributed by atoms with Gasteiger partial charge in [0, 0.05) is 30.8 Å². The maximum absolute atomic E-state index is 12.4. The predicted molar refractivity (Wildman–Crippen MR) is 125 cm³/mol. The Morgan fingerprint density at radius 2 is 2.03 bits per heavy atom. The number of hydrogen-bond donors (Lipinski definition) is 4. The van der Waals surface area contributed by atoms with E-state index in [-0.39, 0.29) is 29.9 Å². The van der Waals surface area contributed by atoms with E-state index in [0.29, 0.717) is 34.2 Å². The van der Waals surface area contributed by atoms with Gasteiger partial charge in [0.2, 0.25) is 5.91 Å². The van der Waals surface area contributed by atoms with Crippen molar-refractivity contribution >= 4 is 41.2 Å². The molecule has 1 aliphatic rings. The Hall–Kier alpha value is -3.82. The average molecular weight is 440 g/mol. The Morgan fingerprint density at radius 3 is 2.62 bits per heavy atom. The fraction of sp³-hybridized carbons (Fsp3) is 0.364. The van der Waals surface area contributed by atoms with Gasteiger partial charge < -0.3 is 21.1 Å². The van der Waals surface area contributed by atoms with E-state index in [1.807, 2.05) is 13.8 Å². The second-order valence-corrected chi connectivity index (χ2v) is 6.66. The van der Waals surface area contributed by atoms with Crippen molar-refractivity contribution in [2.45, 2.75) is 40.0 Å². The Balaban J connectivity index is 0.00000176. The van der Waals surface area contributed by atoms with Crippen LogP contribution in [0.3, 0.4) is 0 Å². The zero-order valence-electron chi connectivity index (χ0n) is 18.7. The molecule has 0 radical (unpaired) electrons. The average Bonchev–Trinajstić information content (AvgIpc) is 3.66. The van der Waals surface area contributed by atoms with Crippen LogP contribution >= 0.6 is 0 Å². The number of ether oxygens (including phenoxy) is 1. The molecule has 0 aliphatic heterocycles. The minimum atomic E-state index is -0.120. The molecule has 10 heteroatoms. The summed E-state index contributed by atoms with van der Waals surface area (Å²) in [7, 11) is 1.45. The third kappa shape index (κ3) is 5.87. The SMILES string of the molecule is CC.CCC(=O)c1cnc(NC(=O)C2CC2)cc1Nc1nccc(C(N)=NC=N)c1OC. The van der Waals surface area contributed by atoms with Crippen LogP contribution in [0, 0.1) is 11.3 Å². The highest BCUT2D eigenvalue weighted by molar-refractivity contribution is 6.05. The van der Waals surface area contributed by atoms with Crippen LogP contribution in [-0.4, -0.2) is 40.9 Å². The summed E-state index contributed by atoms with van der Waals surface area (Å²) in [6.07, 6.45) is 5.79. The largest absolute Gasteiger partial charge is 0.492 e. The van der Waals surface area contributed by atoms with Gasteiger partial charge in [0.05, 0.1) is 23.9 Å². The number of nitrogens with one attached hydrogen (secondary N) is 3. The first-order chi connectivity index (χ1) is 15.5. The highest BCUT2D eigenvalue weighted by Crippen LogP contribution is 2.33. The van der Waals surface area contributed by atoms with Gasteiger partial charge in [0.25, 0.3) is 0 Å². The van der Waals surface area contributed by atoms with Crippen LogP contribution in [0.1, 0.15) is 56.0 Å². The van der Waals surface area contributed by atoms with Gasteiger partial charge in [-0.3, -0.25) is 15.0 Å². The fourth-order valence-electron chi connectivity index (χ4n) is 2.83. The molecule has 1 amide bonds. The van der Waals surface area contributed by atoms with E-state index >= 15 is 0 Å². The number of nitrogens with zero attached hydrogens (tertiary/aromatic N) is 3. The number of aliphatic imine (C=N–C) groups is 1. The molecule has 0 saturated heterocycles. The summed E-state index contributed by atoms with van der Waals surface area (Å²) < 4.78 is 5.45. The number of amides is 1. The molecule has 2 heterocycles. The summed E-state index contributed by atoms with van der Waals surface area (Å²) in [5.41, 5.74) is 7.13. The van der Waals surface area contributed by atoms with Crippen molar-refractivity contribution in [3.05, 3.63) is 35.7 Å². The first kappa shape index (κ1) is 24.4. The van der Waals surface area contributed by atoms with Gasteiger partial charge in [0.1, 0.15) is 18.0 Å². The lowest BCUT2D eigenvalue weighted by Crippen LogP contribution is -2.17. The van der Waals surface area contributed by atoms with Crippen LogP contribution in [0.5, 0.6) is 5.75 Å².